The van der Waals surface area contributed by atoms with Crippen LogP contribution in [0.15, 0.2) is 0 Å². The first-order valence-electron chi connectivity index (χ1n) is 3.60. The van der Waals surface area contributed by atoms with Crippen LogP contribution in [-0.4, -0.2) is 30.7 Å². The van der Waals surface area contributed by atoms with E-state index in [-0.39, 0.29) is 12.2 Å². The van der Waals surface area contributed by atoms with Crippen molar-refractivity contribution in [3.05, 3.63) is 0 Å². The molecule has 60 valence electrons. The Morgan fingerprint density at radius 2 is 2.20 bits per heavy atom. The molecular weight excluding hydrogens is 132 g/mol. The van der Waals surface area contributed by atoms with Crippen molar-refractivity contribution in [1.82, 2.24) is 0 Å². The lowest BCUT2D eigenvalue weighted by Gasteiger charge is -2.30. The molecule has 0 spiro atoms. The Morgan fingerprint density at radius 3 is 2.70 bits per heavy atom. The van der Waals surface area contributed by atoms with Crippen LogP contribution in [0, 0.1) is 0 Å². The van der Waals surface area contributed by atoms with Gasteiger partial charge in [-0.1, -0.05) is 0 Å². The van der Waals surface area contributed by atoms with Crippen molar-refractivity contribution in [3.8, 4) is 0 Å². The van der Waals surface area contributed by atoms with Crippen LogP contribution in [0.3, 0.4) is 0 Å². The van der Waals surface area contributed by atoms with E-state index in [2.05, 4.69) is 0 Å². The number of ether oxygens (including phenoxy) is 2. The number of methoxy groups -OCH3 is 1. The van der Waals surface area contributed by atoms with Crippen LogP contribution in [0.5, 0.6) is 0 Å². The zero-order valence-corrected chi connectivity index (χ0v) is 6.41. The van der Waals surface area contributed by atoms with Crippen LogP contribution in [-0.2, 0) is 9.47 Å². The Balaban J connectivity index is 2.36. The normalized spacial score (nSPS) is 41.7. The molecule has 1 rings (SSSR count). The molecule has 0 amide bonds. The van der Waals surface area contributed by atoms with E-state index in [1.54, 1.807) is 7.11 Å². The van der Waals surface area contributed by atoms with Gasteiger partial charge < -0.3 is 14.6 Å². The third kappa shape index (κ3) is 1.68. The Kier molecular flexibility index (Phi) is 2.65. The molecular formula is C7H14O3. The summed E-state index contributed by atoms with van der Waals surface area (Å²) in [6.45, 7) is 1.91. The third-order valence-electron chi connectivity index (χ3n) is 1.90. The van der Waals surface area contributed by atoms with Gasteiger partial charge in [0.15, 0.2) is 6.29 Å². The third-order valence-corrected chi connectivity index (χ3v) is 1.90. The fraction of sp³-hybridized carbons (Fsp3) is 1.00. The maximum Gasteiger partial charge on any atom is 0.155 e. The van der Waals surface area contributed by atoms with Gasteiger partial charge in [-0.05, 0) is 13.3 Å². The van der Waals surface area contributed by atoms with Gasteiger partial charge >= 0.3 is 0 Å². The summed E-state index contributed by atoms with van der Waals surface area (Å²) in [6, 6.07) is 0. The molecule has 0 bridgehead atoms. The standard InChI is InChI=1S/C7H14O3/c1-5-6(9-2)3-4-7(8)10-5/h5-8H,3-4H2,1-2H3. The van der Waals surface area contributed by atoms with Crippen molar-refractivity contribution in [2.75, 3.05) is 7.11 Å². The summed E-state index contributed by atoms with van der Waals surface area (Å²) in [5.41, 5.74) is 0. The van der Waals surface area contributed by atoms with Gasteiger partial charge in [-0.2, -0.15) is 0 Å². The molecule has 1 saturated heterocycles. The fourth-order valence-corrected chi connectivity index (χ4v) is 1.25. The highest BCUT2D eigenvalue weighted by molar-refractivity contribution is 4.71. The van der Waals surface area contributed by atoms with Gasteiger partial charge in [-0.25, -0.2) is 0 Å². The van der Waals surface area contributed by atoms with E-state index < -0.39 is 6.29 Å². The number of aliphatic hydroxyl groups excluding tert-OH is 1. The average Bonchev–Trinajstić information content (AvgIpc) is 1.88. The van der Waals surface area contributed by atoms with E-state index in [1.807, 2.05) is 6.92 Å². The molecule has 1 heterocycles. The number of hydrogen-bond donors (Lipinski definition) is 1. The summed E-state index contributed by atoms with van der Waals surface area (Å²) in [5, 5.41) is 9.02. The van der Waals surface area contributed by atoms with Crippen molar-refractivity contribution in [1.29, 1.82) is 0 Å². The Morgan fingerprint density at radius 1 is 1.50 bits per heavy atom. The summed E-state index contributed by atoms with van der Waals surface area (Å²) >= 11 is 0. The lowest BCUT2D eigenvalue weighted by Crippen LogP contribution is -2.37. The molecule has 0 aromatic carbocycles. The molecule has 3 heteroatoms. The Hall–Kier alpha value is -0.120. The van der Waals surface area contributed by atoms with E-state index in [4.69, 9.17) is 14.6 Å². The quantitative estimate of drug-likeness (QED) is 0.586. The Bertz CT molecular complexity index is 105. The molecule has 1 aliphatic heterocycles. The second-order valence-corrected chi connectivity index (χ2v) is 2.65. The topological polar surface area (TPSA) is 38.7 Å². The van der Waals surface area contributed by atoms with Gasteiger partial charge in [0.25, 0.3) is 0 Å². The first kappa shape index (κ1) is 7.98. The molecule has 1 N–H and O–H groups in total. The van der Waals surface area contributed by atoms with Crippen molar-refractivity contribution >= 4 is 0 Å². The van der Waals surface area contributed by atoms with Crippen LogP contribution >= 0.6 is 0 Å². The van der Waals surface area contributed by atoms with E-state index >= 15 is 0 Å². The smallest absolute Gasteiger partial charge is 0.155 e. The highest BCUT2D eigenvalue weighted by atomic mass is 16.6. The van der Waals surface area contributed by atoms with E-state index in [9.17, 15) is 0 Å². The van der Waals surface area contributed by atoms with Crippen molar-refractivity contribution < 1.29 is 14.6 Å². The maximum atomic E-state index is 9.02. The zero-order chi connectivity index (χ0) is 7.56. The van der Waals surface area contributed by atoms with Gasteiger partial charge in [0.05, 0.1) is 12.2 Å². The molecule has 0 radical (unpaired) electrons. The molecule has 3 atom stereocenters. The SMILES string of the molecule is COC1CCC(O)OC1C. The molecule has 0 aliphatic carbocycles. The zero-order valence-electron chi connectivity index (χ0n) is 6.41. The molecule has 1 aliphatic rings. The minimum absolute atomic E-state index is 0.0220. The summed E-state index contributed by atoms with van der Waals surface area (Å²) in [5.74, 6) is 0. The van der Waals surface area contributed by atoms with E-state index in [0.29, 0.717) is 6.42 Å². The predicted octanol–water partition coefficient (Wildman–Crippen LogP) is 0.519. The molecule has 0 aromatic rings. The van der Waals surface area contributed by atoms with Crippen LogP contribution in [0.2, 0.25) is 0 Å². The fourth-order valence-electron chi connectivity index (χ4n) is 1.25. The molecule has 3 unspecified atom stereocenters. The van der Waals surface area contributed by atoms with Gasteiger partial charge in [0.1, 0.15) is 0 Å². The second-order valence-electron chi connectivity index (χ2n) is 2.65. The lowest BCUT2D eigenvalue weighted by molar-refractivity contribution is -0.198. The average molecular weight is 146 g/mol. The number of hydrogen-bond acceptors (Lipinski definition) is 3. The number of rotatable bonds is 1. The summed E-state index contributed by atoms with van der Waals surface area (Å²) in [4.78, 5) is 0. The van der Waals surface area contributed by atoms with Crippen LogP contribution in [0.25, 0.3) is 0 Å². The minimum Gasteiger partial charge on any atom is -0.379 e. The first-order valence-corrected chi connectivity index (χ1v) is 3.60. The highest BCUT2D eigenvalue weighted by Gasteiger charge is 2.26. The largest absolute Gasteiger partial charge is 0.379 e. The van der Waals surface area contributed by atoms with Gasteiger partial charge in [0, 0.05) is 13.5 Å². The van der Waals surface area contributed by atoms with Crippen molar-refractivity contribution in [3.63, 3.8) is 0 Å². The van der Waals surface area contributed by atoms with E-state index in [1.165, 1.54) is 0 Å². The van der Waals surface area contributed by atoms with Crippen LogP contribution < -0.4 is 0 Å². The van der Waals surface area contributed by atoms with Gasteiger partial charge in [-0.15, -0.1) is 0 Å². The predicted molar refractivity (Wildman–Crippen MR) is 36.6 cm³/mol. The van der Waals surface area contributed by atoms with Gasteiger partial charge in [-0.3, -0.25) is 0 Å². The van der Waals surface area contributed by atoms with Crippen molar-refractivity contribution in [2.24, 2.45) is 0 Å². The van der Waals surface area contributed by atoms with Gasteiger partial charge in [0.2, 0.25) is 0 Å². The molecule has 3 nitrogen and oxygen atoms in total. The second kappa shape index (κ2) is 3.32. The number of aliphatic hydroxyl groups is 1. The molecule has 10 heavy (non-hydrogen) atoms. The minimum atomic E-state index is -0.582. The van der Waals surface area contributed by atoms with Crippen LogP contribution in [0.4, 0.5) is 0 Å². The first-order chi connectivity index (χ1) is 4.74. The van der Waals surface area contributed by atoms with Crippen molar-refractivity contribution in [2.45, 2.75) is 38.3 Å². The lowest BCUT2D eigenvalue weighted by atomic mass is 10.1. The monoisotopic (exact) mass is 146 g/mol. The summed E-state index contributed by atoms with van der Waals surface area (Å²) in [7, 11) is 1.67. The summed E-state index contributed by atoms with van der Waals surface area (Å²) in [6.07, 6.45) is 1.17. The highest BCUT2D eigenvalue weighted by Crippen LogP contribution is 2.19. The Labute approximate surface area is 60.9 Å². The molecule has 0 saturated carbocycles. The molecule has 1 fully saturated rings. The van der Waals surface area contributed by atoms with E-state index in [0.717, 1.165) is 6.42 Å². The van der Waals surface area contributed by atoms with Crippen LogP contribution in [0.1, 0.15) is 19.8 Å². The molecule has 0 aromatic heterocycles. The summed E-state index contributed by atoms with van der Waals surface area (Å²) < 4.78 is 10.2. The maximum absolute atomic E-state index is 9.02.